The number of hydrogen-bond acceptors (Lipinski definition) is 4. The Morgan fingerprint density at radius 1 is 1.37 bits per heavy atom. The molecule has 0 aliphatic carbocycles. The molecule has 1 heterocycles. The highest BCUT2D eigenvalue weighted by atomic mass is 16.2. The van der Waals surface area contributed by atoms with Gasteiger partial charge < -0.3 is 11.1 Å². The van der Waals surface area contributed by atoms with Crippen molar-refractivity contribution in [1.82, 2.24) is 9.97 Å². The summed E-state index contributed by atoms with van der Waals surface area (Å²) >= 11 is 0. The summed E-state index contributed by atoms with van der Waals surface area (Å²) in [5, 5.41) is 2.55. The quantitative estimate of drug-likeness (QED) is 0.759. The molecule has 0 saturated heterocycles. The minimum absolute atomic E-state index is 0.0311. The van der Waals surface area contributed by atoms with Gasteiger partial charge in [0.2, 0.25) is 11.9 Å². The van der Waals surface area contributed by atoms with Gasteiger partial charge in [-0.15, -0.1) is 0 Å². The van der Waals surface area contributed by atoms with E-state index < -0.39 is 5.56 Å². The number of aromatic amines is 1. The van der Waals surface area contributed by atoms with E-state index in [2.05, 4.69) is 15.3 Å². The number of nitrogens with zero attached hydrogens (tertiary/aromatic N) is 1. The first-order chi connectivity index (χ1) is 9.06. The number of aryl methyl sites for hydroxylation is 1. The summed E-state index contributed by atoms with van der Waals surface area (Å²) < 4.78 is 0. The smallest absolute Gasteiger partial charge is 0.276 e. The highest BCUT2D eigenvalue weighted by Crippen LogP contribution is 2.07. The van der Waals surface area contributed by atoms with Crippen LogP contribution in [0.5, 0.6) is 0 Å². The summed E-state index contributed by atoms with van der Waals surface area (Å²) in [7, 11) is 0. The van der Waals surface area contributed by atoms with Crippen LogP contribution in [0.1, 0.15) is 11.3 Å². The summed E-state index contributed by atoms with van der Waals surface area (Å²) in [5.41, 5.74) is 6.35. The second-order valence-electron chi connectivity index (χ2n) is 4.12. The van der Waals surface area contributed by atoms with Crippen LogP contribution in [-0.4, -0.2) is 15.9 Å². The fourth-order valence-corrected chi connectivity index (χ4v) is 1.72. The molecule has 4 N–H and O–H groups in total. The second kappa shape index (κ2) is 5.34. The Bertz CT molecular complexity index is 649. The van der Waals surface area contributed by atoms with Crippen molar-refractivity contribution >= 4 is 17.5 Å². The lowest BCUT2D eigenvalue weighted by Crippen LogP contribution is -2.24. The van der Waals surface area contributed by atoms with Crippen molar-refractivity contribution in [3.63, 3.8) is 0 Å². The van der Waals surface area contributed by atoms with Crippen molar-refractivity contribution in [3.8, 4) is 0 Å². The zero-order valence-corrected chi connectivity index (χ0v) is 10.4. The van der Waals surface area contributed by atoms with E-state index in [1.165, 1.54) is 0 Å². The van der Waals surface area contributed by atoms with Gasteiger partial charge in [0.15, 0.2) is 0 Å². The lowest BCUT2D eigenvalue weighted by atomic mass is 10.1. The first-order valence-corrected chi connectivity index (χ1v) is 5.76. The molecule has 0 atom stereocenters. The maximum absolute atomic E-state index is 11.8. The fourth-order valence-electron chi connectivity index (χ4n) is 1.72. The van der Waals surface area contributed by atoms with Crippen LogP contribution in [0.15, 0.2) is 35.1 Å². The summed E-state index contributed by atoms with van der Waals surface area (Å²) in [6, 6.07) is 9.27. The van der Waals surface area contributed by atoms with E-state index >= 15 is 0 Å². The number of H-pyrrole nitrogens is 1. The number of nitrogen functional groups attached to an aromatic ring is 1. The number of carbonyl (C=O) groups is 1. The number of amides is 1. The Morgan fingerprint density at radius 2 is 2.05 bits per heavy atom. The molecule has 0 radical (unpaired) electrons. The SMILES string of the molecule is Cc1nc(N)[nH]c(=O)c1NC(=O)Cc1ccccc1. The van der Waals surface area contributed by atoms with E-state index in [0.29, 0.717) is 5.69 Å². The largest absolute Gasteiger partial charge is 0.369 e. The molecule has 0 aliphatic heterocycles. The van der Waals surface area contributed by atoms with Crippen LogP contribution in [0.2, 0.25) is 0 Å². The molecule has 98 valence electrons. The van der Waals surface area contributed by atoms with Crippen LogP contribution in [0.4, 0.5) is 11.6 Å². The fraction of sp³-hybridized carbons (Fsp3) is 0.154. The molecule has 1 aromatic carbocycles. The second-order valence-corrected chi connectivity index (χ2v) is 4.12. The minimum atomic E-state index is -0.452. The Hall–Kier alpha value is -2.63. The van der Waals surface area contributed by atoms with Crippen molar-refractivity contribution < 1.29 is 4.79 Å². The molecular formula is C13H14N4O2. The van der Waals surface area contributed by atoms with Crippen molar-refractivity contribution in [2.24, 2.45) is 0 Å². The predicted octanol–water partition coefficient (Wildman–Crippen LogP) is 0.842. The molecule has 0 spiro atoms. The van der Waals surface area contributed by atoms with Crippen LogP contribution >= 0.6 is 0 Å². The van der Waals surface area contributed by atoms with Crippen molar-refractivity contribution in [2.75, 3.05) is 11.1 Å². The van der Waals surface area contributed by atoms with Gasteiger partial charge in [-0.1, -0.05) is 30.3 Å². The normalized spacial score (nSPS) is 10.2. The third-order valence-corrected chi connectivity index (χ3v) is 2.59. The van der Waals surface area contributed by atoms with Gasteiger partial charge in [-0.05, 0) is 12.5 Å². The van der Waals surface area contributed by atoms with Gasteiger partial charge in [0.25, 0.3) is 5.56 Å². The minimum Gasteiger partial charge on any atom is -0.369 e. The monoisotopic (exact) mass is 258 g/mol. The van der Waals surface area contributed by atoms with E-state index in [1.807, 2.05) is 30.3 Å². The zero-order chi connectivity index (χ0) is 13.8. The molecule has 19 heavy (non-hydrogen) atoms. The average Bonchev–Trinajstić information content (AvgIpc) is 2.35. The molecule has 1 amide bonds. The predicted molar refractivity (Wildman–Crippen MR) is 72.8 cm³/mol. The average molecular weight is 258 g/mol. The maximum Gasteiger partial charge on any atom is 0.276 e. The number of anilines is 2. The summed E-state index contributed by atoms with van der Waals surface area (Å²) in [4.78, 5) is 29.8. The molecule has 2 rings (SSSR count). The summed E-state index contributed by atoms with van der Waals surface area (Å²) in [6.07, 6.45) is 0.199. The van der Waals surface area contributed by atoms with Gasteiger partial charge in [0.1, 0.15) is 5.69 Å². The van der Waals surface area contributed by atoms with E-state index in [0.717, 1.165) is 5.56 Å². The Balaban J connectivity index is 2.14. The molecule has 1 aromatic heterocycles. The van der Waals surface area contributed by atoms with E-state index in [-0.39, 0.29) is 24.0 Å². The number of carbonyl (C=O) groups excluding carboxylic acids is 1. The Labute approximate surface area is 109 Å². The van der Waals surface area contributed by atoms with Crippen LogP contribution in [0, 0.1) is 6.92 Å². The van der Waals surface area contributed by atoms with Gasteiger partial charge in [-0.2, -0.15) is 0 Å². The number of benzene rings is 1. The molecule has 0 bridgehead atoms. The topological polar surface area (TPSA) is 101 Å². The molecule has 2 aromatic rings. The molecule has 0 aliphatic rings. The lowest BCUT2D eigenvalue weighted by molar-refractivity contribution is -0.115. The van der Waals surface area contributed by atoms with E-state index in [1.54, 1.807) is 6.92 Å². The van der Waals surface area contributed by atoms with Crippen molar-refractivity contribution in [2.45, 2.75) is 13.3 Å². The van der Waals surface area contributed by atoms with Crippen molar-refractivity contribution in [1.29, 1.82) is 0 Å². The molecule has 6 heteroatoms. The maximum atomic E-state index is 11.8. The Morgan fingerprint density at radius 3 is 2.68 bits per heavy atom. The third-order valence-electron chi connectivity index (χ3n) is 2.59. The number of nitrogens with one attached hydrogen (secondary N) is 2. The van der Waals surface area contributed by atoms with E-state index in [9.17, 15) is 9.59 Å². The van der Waals surface area contributed by atoms with Crippen molar-refractivity contribution in [3.05, 3.63) is 51.9 Å². The lowest BCUT2D eigenvalue weighted by Gasteiger charge is -2.07. The standard InChI is InChI=1S/C13H14N4O2/c1-8-11(12(19)17-13(14)15-8)16-10(18)7-9-5-3-2-4-6-9/h2-6H,7H2,1H3,(H,16,18)(H3,14,15,17,19). The number of aromatic nitrogens is 2. The first-order valence-electron chi connectivity index (χ1n) is 5.76. The number of hydrogen-bond donors (Lipinski definition) is 3. The number of nitrogens with two attached hydrogens (primary N) is 1. The van der Waals surface area contributed by atoms with Gasteiger partial charge in [-0.3, -0.25) is 14.6 Å². The molecule has 0 unspecified atom stereocenters. The van der Waals surface area contributed by atoms with E-state index in [4.69, 9.17) is 5.73 Å². The first kappa shape index (κ1) is 12.8. The summed E-state index contributed by atoms with van der Waals surface area (Å²) in [6.45, 7) is 1.61. The van der Waals surface area contributed by atoms with Crippen LogP contribution < -0.4 is 16.6 Å². The highest BCUT2D eigenvalue weighted by Gasteiger charge is 2.11. The van der Waals surface area contributed by atoms with Gasteiger partial charge in [0, 0.05) is 0 Å². The van der Waals surface area contributed by atoms with Crippen LogP contribution in [-0.2, 0) is 11.2 Å². The third kappa shape index (κ3) is 3.19. The molecule has 0 fully saturated rings. The zero-order valence-electron chi connectivity index (χ0n) is 10.4. The van der Waals surface area contributed by atoms with Gasteiger partial charge in [0.05, 0.1) is 12.1 Å². The van der Waals surface area contributed by atoms with Gasteiger partial charge in [-0.25, -0.2) is 4.98 Å². The van der Waals surface area contributed by atoms with Gasteiger partial charge >= 0.3 is 0 Å². The summed E-state index contributed by atoms with van der Waals surface area (Å²) in [5.74, 6) is -0.241. The van der Waals surface area contributed by atoms with Crippen LogP contribution in [0.3, 0.4) is 0 Å². The molecule has 0 saturated carbocycles. The molecular weight excluding hydrogens is 244 g/mol. The number of rotatable bonds is 3. The Kier molecular flexibility index (Phi) is 3.61. The highest BCUT2D eigenvalue weighted by molar-refractivity contribution is 5.92. The van der Waals surface area contributed by atoms with Crippen LogP contribution in [0.25, 0.3) is 0 Å². The molecule has 6 nitrogen and oxygen atoms in total.